The molecule has 0 aliphatic carbocycles. The Kier molecular flexibility index (Phi) is 4.60. The van der Waals surface area contributed by atoms with E-state index < -0.39 is 10.0 Å². The second-order valence-electron chi connectivity index (χ2n) is 5.25. The van der Waals surface area contributed by atoms with Gasteiger partial charge in [0.05, 0.1) is 4.90 Å². The molecule has 23 heavy (non-hydrogen) atoms. The number of ether oxygens (including phenoxy) is 2. The van der Waals surface area contributed by atoms with Crippen molar-refractivity contribution in [2.45, 2.75) is 4.90 Å². The molecule has 0 unspecified atom stereocenters. The maximum atomic E-state index is 12.8. The fourth-order valence-electron chi connectivity index (χ4n) is 2.62. The van der Waals surface area contributed by atoms with Gasteiger partial charge in [0, 0.05) is 39.3 Å². The number of rotatable bonds is 2. The van der Waals surface area contributed by atoms with Crippen molar-refractivity contribution in [3.05, 3.63) is 18.2 Å². The van der Waals surface area contributed by atoms with Crippen LogP contribution in [0.1, 0.15) is 0 Å². The number of benzene rings is 1. The molecule has 0 aromatic heterocycles. The average Bonchev–Trinajstić information content (AvgIpc) is 2.60. The van der Waals surface area contributed by atoms with Crippen molar-refractivity contribution in [2.24, 2.45) is 0 Å². The lowest BCUT2D eigenvalue weighted by Gasteiger charge is -2.35. The van der Waals surface area contributed by atoms with Gasteiger partial charge in [-0.1, -0.05) is 0 Å². The molecule has 3 rings (SSSR count). The summed E-state index contributed by atoms with van der Waals surface area (Å²) in [6, 6.07) is 4.75. The van der Waals surface area contributed by atoms with Crippen molar-refractivity contribution < 1.29 is 17.9 Å². The molecule has 126 valence electrons. The van der Waals surface area contributed by atoms with Gasteiger partial charge in [-0.2, -0.15) is 4.31 Å². The molecular formula is C14H19N3O4S2. The first kappa shape index (κ1) is 16.3. The van der Waals surface area contributed by atoms with E-state index in [1.165, 1.54) is 10.4 Å². The Balaban J connectivity index is 1.76. The van der Waals surface area contributed by atoms with Gasteiger partial charge in [0.15, 0.2) is 16.6 Å². The number of fused-ring (bicyclic) bond motifs is 1. The molecule has 2 aliphatic rings. The number of hydrogen-bond donors (Lipinski definition) is 1. The monoisotopic (exact) mass is 357 g/mol. The van der Waals surface area contributed by atoms with E-state index in [2.05, 4.69) is 5.32 Å². The molecule has 1 aromatic rings. The first-order valence-corrected chi connectivity index (χ1v) is 9.23. The summed E-state index contributed by atoms with van der Waals surface area (Å²) in [6.07, 6.45) is 0. The maximum Gasteiger partial charge on any atom is 0.243 e. The number of nitrogens with one attached hydrogen (secondary N) is 1. The molecule has 1 fully saturated rings. The van der Waals surface area contributed by atoms with E-state index in [-0.39, 0.29) is 4.90 Å². The molecule has 1 N–H and O–H groups in total. The van der Waals surface area contributed by atoms with Crippen LogP contribution in [0.2, 0.25) is 0 Å². The van der Waals surface area contributed by atoms with E-state index >= 15 is 0 Å². The zero-order chi connectivity index (χ0) is 16.4. The molecule has 9 heteroatoms. The van der Waals surface area contributed by atoms with Crippen LogP contribution in [0.15, 0.2) is 23.1 Å². The number of thiocarbonyl (C=S) groups is 1. The van der Waals surface area contributed by atoms with Crippen LogP contribution >= 0.6 is 12.2 Å². The number of hydrogen-bond acceptors (Lipinski definition) is 5. The molecular weight excluding hydrogens is 338 g/mol. The first-order valence-electron chi connectivity index (χ1n) is 7.39. The van der Waals surface area contributed by atoms with Gasteiger partial charge in [-0.05, 0) is 24.4 Å². The fraction of sp³-hybridized carbons (Fsp3) is 0.500. The molecule has 0 radical (unpaired) electrons. The van der Waals surface area contributed by atoms with Crippen LogP contribution in [-0.2, 0) is 10.0 Å². The van der Waals surface area contributed by atoms with Crippen molar-refractivity contribution in [2.75, 3.05) is 46.4 Å². The van der Waals surface area contributed by atoms with Gasteiger partial charge in [-0.25, -0.2) is 8.42 Å². The highest BCUT2D eigenvalue weighted by Crippen LogP contribution is 2.33. The quantitative estimate of drug-likeness (QED) is 0.762. The minimum atomic E-state index is -3.54. The Hall–Kier alpha value is -1.58. The lowest BCUT2D eigenvalue weighted by Crippen LogP contribution is -2.52. The Morgan fingerprint density at radius 3 is 2.43 bits per heavy atom. The molecule has 0 atom stereocenters. The van der Waals surface area contributed by atoms with Gasteiger partial charge >= 0.3 is 0 Å². The van der Waals surface area contributed by atoms with E-state index in [9.17, 15) is 8.42 Å². The third kappa shape index (κ3) is 3.22. The van der Waals surface area contributed by atoms with Crippen molar-refractivity contribution in [1.29, 1.82) is 0 Å². The van der Waals surface area contributed by atoms with E-state index in [1.54, 1.807) is 19.2 Å². The van der Waals surface area contributed by atoms with E-state index in [4.69, 9.17) is 21.7 Å². The molecule has 0 bridgehead atoms. The van der Waals surface area contributed by atoms with Crippen molar-refractivity contribution >= 4 is 27.4 Å². The van der Waals surface area contributed by atoms with Crippen molar-refractivity contribution in [1.82, 2.24) is 14.5 Å². The van der Waals surface area contributed by atoms with Crippen LogP contribution in [0, 0.1) is 0 Å². The van der Waals surface area contributed by atoms with Crippen molar-refractivity contribution in [3.8, 4) is 11.5 Å². The smallest absolute Gasteiger partial charge is 0.243 e. The van der Waals surface area contributed by atoms with Gasteiger partial charge in [-0.3, -0.25) is 0 Å². The number of sulfonamides is 1. The van der Waals surface area contributed by atoms with Gasteiger partial charge in [-0.15, -0.1) is 0 Å². The summed E-state index contributed by atoms with van der Waals surface area (Å²) in [6.45, 7) is 2.85. The van der Waals surface area contributed by atoms with Gasteiger partial charge in [0.2, 0.25) is 10.0 Å². The zero-order valence-electron chi connectivity index (χ0n) is 12.8. The summed E-state index contributed by atoms with van der Waals surface area (Å²) in [5, 5.41) is 3.55. The van der Waals surface area contributed by atoms with Gasteiger partial charge < -0.3 is 19.7 Å². The molecule has 1 aromatic carbocycles. The van der Waals surface area contributed by atoms with Gasteiger partial charge in [0.1, 0.15) is 13.2 Å². The van der Waals surface area contributed by atoms with E-state index in [0.29, 0.717) is 56.0 Å². The molecule has 0 spiro atoms. The van der Waals surface area contributed by atoms with Crippen LogP contribution in [-0.4, -0.2) is 69.2 Å². The summed E-state index contributed by atoms with van der Waals surface area (Å²) >= 11 is 5.18. The minimum absolute atomic E-state index is 0.228. The first-order chi connectivity index (χ1) is 11.0. The van der Waals surface area contributed by atoms with Crippen LogP contribution in [0.25, 0.3) is 0 Å². The molecule has 0 amide bonds. The molecule has 1 saturated heterocycles. The zero-order valence-corrected chi connectivity index (χ0v) is 14.5. The lowest BCUT2D eigenvalue weighted by molar-refractivity contribution is 0.171. The Labute approximate surface area is 141 Å². The van der Waals surface area contributed by atoms with Crippen LogP contribution < -0.4 is 14.8 Å². The highest BCUT2D eigenvalue weighted by Gasteiger charge is 2.30. The largest absolute Gasteiger partial charge is 0.486 e. The Morgan fingerprint density at radius 1 is 1.13 bits per heavy atom. The number of nitrogens with zero attached hydrogens (tertiary/aromatic N) is 2. The van der Waals surface area contributed by atoms with Crippen LogP contribution in [0.4, 0.5) is 0 Å². The van der Waals surface area contributed by atoms with Crippen LogP contribution in [0.3, 0.4) is 0 Å². The summed E-state index contributed by atoms with van der Waals surface area (Å²) in [5.41, 5.74) is 0. The molecule has 7 nitrogen and oxygen atoms in total. The Morgan fingerprint density at radius 2 is 1.78 bits per heavy atom. The topological polar surface area (TPSA) is 71.1 Å². The normalized spacial score (nSPS) is 18.6. The third-order valence-electron chi connectivity index (χ3n) is 3.89. The number of piperazine rings is 1. The summed E-state index contributed by atoms with van der Waals surface area (Å²) < 4.78 is 37.9. The highest BCUT2D eigenvalue weighted by atomic mass is 32.2. The Bertz CT molecular complexity index is 700. The lowest BCUT2D eigenvalue weighted by atomic mass is 10.3. The van der Waals surface area contributed by atoms with Crippen molar-refractivity contribution in [3.63, 3.8) is 0 Å². The predicted molar refractivity (Wildman–Crippen MR) is 89.4 cm³/mol. The predicted octanol–water partition coefficient (Wildman–Crippen LogP) is 0.268. The standard InChI is InChI=1S/C14H19N3O4S2/c1-15-14(22)16-4-6-17(7-5-16)23(18,19)11-2-3-12-13(10-11)21-9-8-20-12/h2-3,10H,4-9H2,1H3,(H,15,22). The fourth-order valence-corrected chi connectivity index (χ4v) is 4.24. The molecule has 2 aliphatic heterocycles. The van der Waals surface area contributed by atoms with E-state index in [1.807, 2.05) is 4.90 Å². The highest BCUT2D eigenvalue weighted by molar-refractivity contribution is 7.89. The summed E-state index contributed by atoms with van der Waals surface area (Å²) in [7, 11) is -1.78. The minimum Gasteiger partial charge on any atom is -0.486 e. The maximum absolute atomic E-state index is 12.8. The average molecular weight is 357 g/mol. The third-order valence-corrected chi connectivity index (χ3v) is 6.25. The summed E-state index contributed by atoms with van der Waals surface area (Å²) in [4.78, 5) is 2.19. The van der Waals surface area contributed by atoms with Gasteiger partial charge in [0.25, 0.3) is 0 Å². The van der Waals surface area contributed by atoms with Crippen LogP contribution in [0.5, 0.6) is 11.5 Å². The second kappa shape index (κ2) is 6.50. The van der Waals surface area contributed by atoms with E-state index in [0.717, 1.165) is 0 Å². The molecule has 0 saturated carbocycles. The summed E-state index contributed by atoms with van der Waals surface area (Å²) in [5.74, 6) is 1.06. The SMILES string of the molecule is CNC(=S)N1CCN(S(=O)(=O)c2ccc3c(c2)OCCO3)CC1. The molecule has 2 heterocycles. The second-order valence-corrected chi connectivity index (χ2v) is 7.58.